The summed E-state index contributed by atoms with van der Waals surface area (Å²) >= 11 is 0. The van der Waals surface area contributed by atoms with Gasteiger partial charge in [0.05, 0.1) is 27.6 Å². The Labute approximate surface area is 325 Å². The molecule has 264 valence electrons. The first-order valence-corrected chi connectivity index (χ1v) is 19.3. The summed E-state index contributed by atoms with van der Waals surface area (Å²) < 4.78 is 11.3. The van der Waals surface area contributed by atoms with Crippen LogP contribution in [0.15, 0.2) is 186 Å². The van der Waals surface area contributed by atoms with E-state index >= 15 is 0 Å². The fraction of sp³-hybridized carbons (Fsp3) is 0. The SMILES string of the molecule is c1ccc(-c2ccc(-c3nc(-n4c5ccc(-c6ccccc6)cc5c5c6c7ccccc7n7c8ccccc8c(cc54)c67)nc4c3oc3ccccc34)cc2)cc1. The van der Waals surface area contributed by atoms with E-state index in [-0.39, 0.29) is 0 Å². The first-order valence-electron chi connectivity index (χ1n) is 19.3. The van der Waals surface area contributed by atoms with Crippen LogP contribution < -0.4 is 0 Å². The van der Waals surface area contributed by atoms with Crippen molar-refractivity contribution < 1.29 is 4.42 Å². The van der Waals surface area contributed by atoms with Crippen LogP contribution in [-0.4, -0.2) is 18.9 Å². The van der Waals surface area contributed by atoms with Gasteiger partial charge >= 0.3 is 0 Å². The second-order valence-electron chi connectivity index (χ2n) is 14.9. The predicted molar refractivity (Wildman–Crippen MR) is 235 cm³/mol. The minimum absolute atomic E-state index is 0.602. The standard InChI is InChI=1S/C52H30N4O/c1-3-13-31(14-4-1)33-23-25-34(26-24-33)48-51-49(38-19-9-12-22-45(38)57-51)54-52(53-48)56-43-28-27-35(32-15-5-2-6-16-32)29-40(43)46-44(56)30-39-36-17-7-10-20-41(36)55-42-21-11-8-18-37(42)47(46)50(39)55/h1-30H. The van der Waals surface area contributed by atoms with E-state index in [9.17, 15) is 0 Å². The van der Waals surface area contributed by atoms with Crippen molar-refractivity contribution in [3.8, 4) is 39.5 Å². The summed E-state index contributed by atoms with van der Waals surface area (Å²) in [5.74, 6) is 0.602. The molecule has 0 amide bonds. The fourth-order valence-corrected chi connectivity index (χ4v) is 9.37. The van der Waals surface area contributed by atoms with Crippen LogP contribution in [0, 0.1) is 0 Å². The average Bonchev–Trinajstić information content (AvgIpc) is 4.02. The van der Waals surface area contributed by atoms with Crippen molar-refractivity contribution >= 4 is 82.0 Å². The summed E-state index contributed by atoms with van der Waals surface area (Å²) in [7, 11) is 0. The molecule has 0 unspecified atom stereocenters. The molecule has 0 N–H and O–H groups in total. The highest BCUT2D eigenvalue weighted by molar-refractivity contribution is 6.35. The molecule has 57 heavy (non-hydrogen) atoms. The summed E-state index contributed by atoms with van der Waals surface area (Å²) in [6.45, 7) is 0. The molecule has 5 nitrogen and oxygen atoms in total. The number of fused-ring (bicyclic) bond motifs is 13. The molecular formula is C52H30N4O. The zero-order chi connectivity index (χ0) is 37.2. The summed E-state index contributed by atoms with van der Waals surface area (Å²) in [5.41, 5.74) is 14.4. The molecule has 0 fully saturated rings. The number of aromatic nitrogens is 4. The van der Waals surface area contributed by atoms with Gasteiger partial charge in [0.1, 0.15) is 16.8 Å². The molecule has 0 aliphatic rings. The van der Waals surface area contributed by atoms with E-state index in [0.717, 1.165) is 55.3 Å². The molecule has 0 radical (unpaired) electrons. The van der Waals surface area contributed by atoms with Crippen LogP contribution in [0.25, 0.3) is 121 Å². The Hall–Kier alpha value is -7.76. The molecule has 0 saturated heterocycles. The van der Waals surface area contributed by atoms with Gasteiger partial charge < -0.3 is 8.82 Å². The van der Waals surface area contributed by atoms with Gasteiger partial charge in [0, 0.05) is 43.3 Å². The zero-order valence-corrected chi connectivity index (χ0v) is 30.5. The quantitative estimate of drug-likeness (QED) is 0.181. The smallest absolute Gasteiger partial charge is 0.236 e. The van der Waals surface area contributed by atoms with Gasteiger partial charge in [0.25, 0.3) is 0 Å². The van der Waals surface area contributed by atoms with Crippen LogP contribution in [0.1, 0.15) is 0 Å². The summed E-state index contributed by atoms with van der Waals surface area (Å²) in [5, 5.41) is 8.23. The van der Waals surface area contributed by atoms with Crippen LogP contribution in [0.2, 0.25) is 0 Å². The fourth-order valence-electron chi connectivity index (χ4n) is 9.37. The van der Waals surface area contributed by atoms with Crippen molar-refractivity contribution in [2.75, 3.05) is 0 Å². The van der Waals surface area contributed by atoms with Gasteiger partial charge in [0.15, 0.2) is 5.58 Å². The topological polar surface area (TPSA) is 48.3 Å². The lowest BCUT2D eigenvalue weighted by Gasteiger charge is -2.10. The summed E-state index contributed by atoms with van der Waals surface area (Å²) in [6, 6.07) is 64.7. The molecule has 13 aromatic rings. The maximum absolute atomic E-state index is 6.61. The highest BCUT2D eigenvalue weighted by atomic mass is 16.3. The highest BCUT2D eigenvalue weighted by Gasteiger charge is 2.26. The largest absolute Gasteiger partial charge is 0.452 e. The minimum atomic E-state index is 0.602. The number of furan rings is 1. The third-order valence-corrected chi connectivity index (χ3v) is 11.9. The Morgan fingerprint density at radius 3 is 1.75 bits per heavy atom. The molecule has 0 saturated carbocycles. The number of rotatable bonds is 4. The molecule has 0 bridgehead atoms. The third-order valence-electron chi connectivity index (χ3n) is 11.9. The lowest BCUT2D eigenvalue weighted by molar-refractivity contribution is 0.666. The number of benzene rings is 8. The van der Waals surface area contributed by atoms with Crippen LogP contribution in [-0.2, 0) is 0 Å². The van der Waals surface area contributed by atoms with Crippen molar-refractivity contribution in [3.63, 3.8) is 0 Å². The van der Waals surface area contributed by atoms with E-state index in [1.807, 2.05) is 24.3 Å². The van der Waals surface area contributed by atoms with Crippen LogP contribution in [0.5, 0.6) is 0 Å². The van der Waals surface area contributed by atoms with Crippen LogP contribution in [0.3, 0.4) is 0 Å². The lowest BCUT2D eigenvalue weighted by atomic mass is 9.99. The average molecular weight is 727 g/mol. The van der Waals surface area contributed by atoms with E-state index in [4.69, 9.17) is 14.4 Å². The van der Waals surface area contributed by atoms with E-state index in [0.29, 0.717) is 11.5 Å². The van der Waals surface area contributed by atoms with Crippen molar-refractivity contribution in [1.82, 2.24) is 18.9 Å². The molecule has 5 heterocycles. The van der Waals surface area contributed by atoms with Gasteiger partial charge in [-0.05, 0) is 64.7 Å². The van der Waals surface area contributed by atoms with E-state index in [1.54, 1.807) is 0 Å². The zero-order valence-electron chi connectivity index (χ0n) is 30.5. The molecule has 5 heteroatoms. The molecule has 0 aliphatic carbocycles. The Bertz CT molecular complexity index is 3730. The van der Waals surface area contributed by atoms with Gasteiger partial charge in [-0.25, -0.2) is 9.97 Å². The van der Waals surface area contributed by atoms with Crippen molar-refractivity contribution in [2.24, 2.45) is 0 Å². The van der Waals surface area contributed by atoms with Crippen molar-refractivity contribution in [3.05, 3.63) is 182 Å². The molecule has 8 aromatic carbocycles. The van der Waals surface area contributed by atoms with Gasteiger partial charge in [0.2, 0.25) is 5.95 Å². The normalized spacial score (nSPS) is 12.2. The number of nitrogens with zero attached hydrogens (tertiary/aromatic N) is 4. The van der Waals surface area contributed by atoms with Crippen LogP contribution in [0.4, 0.5) is 0 Å². The predicted octanol–water partition coefficient (Wildman–Crippen LogP) is 13.6. The second-order valence-corrected chi connectivity index (χ2v) is 14.9. The van der Waals surface area contributed by atoms with Gasteiger partial charge in [-0.3, -0.25) is 4.57 Å². The van der Waals surface area contributed by atoms with Gasteiger partial charge in [-0.15, -0.1) is 0 Å². The first kappa shape index (κ1) is 30.6. The van der Waals surface area contributed by atoms with Crippen LogP contribution >= 0.6 is 0 Å². The van der Waals surface area contributed by atoms with E-state index in [2.05, 4.69) is 167 Å². The van der Waals surface area contributed by atoms with Gasteiger partial charge in [-0.2, -0.15) is 0 Å². The van der Waals surface area contributed by atoms with Gasteiger partial charge in [-0.1, -0.05) is 140 Å². The number of para-hydroxylation sites is 3. The maximum atomic E-state index is 6.61. The second kappa shape index (κ2) is 11.4. The number of hydrogen-bond donors (Lipinski definition) is 0. The Balaban J connectivity index is 1.18. The Kier molecular flexibility index (Phi) is 6.10. The molecule has 0 aliphatic heterocycles. The van der Waals surface area contributed by atoms with Crippen molar-refractivity contribution in [1.29, 1.82) is 0 Å². The number of hydrogen-bond acceptors (Lipinski definition) is 3. The summed E-state index contributed by atoms with van der Waals surface area (Å²) in [4.78, 5) is 10.9. The lowest BCUT2D eigenvalue weighted by Crippen LogP contribution is -2.03. The van der Waals surface area contributed by atoms with E-state index in [1.165, 1.54) is 54.6 Å². The molecule has 0 atom stereocenters. The minimum Gasteiger partial charge on any atom is -0.452 e. The molecule has 13 rings (SSSR count). The van der Waals surface area contributed by atoms with E-state index < -0.39 is 0 Å². The monoisotopic (exact) mass is 726 g/mol. The highest BCUT2D eigenvalue weighted by Crippen LogP contribution is 2.47. The molecular weight excluding hydrogens is 697 g/mol. The molecule has 5 aromatic heterocycles. The third kappa shape index (κ3) is 4.23. The Morgan fingerprint density at radius 2 is 0.982 bits per heavy atom. The molecule has 0 spiro atoms. The van der Waals surface area contributed by atoms with Crippen molar-refractivity contribution in [2.45, 2.75) is 0 Å². The summed E-state index contributed by atoms with van der Waals surface area (Å²) in [6.07, 6.45) is 0. The maximum Gasteiger partial charge on any atom is 0.236 e. The first-order chi connectivity index (χ1) is 28.3. The Morgan fingerprint density at radius 1 is 0.386 bits per heavy atom.